The van der Waals surface area contributed by atoms with E-state index in [1.807, 2.05) is 41.5 Å². The van der Waals surface area contributed by atoms with E-state index in [-0.39, 0.29) is 13.2 Å². The molecule has 0 aromatic heterocycles. The summed E-state index contributed by atoms with van der Waals surface area (Å²) in [6, 6.07) is -2.12. The van der Waals surface area contributed by atoms with Crippen LogP contribution in [0, 0.1) is 0 Å². The van der Waals surface area contributed by atoms with Gasteiger partial charge in [0, 0.05) is 0 Å². The Morgan fingerprint density at radius 3 is 1.55 bits per heavy atom. The van der Waals surface area contributed by atoms with Crippen LogP contribution in [-0.2, 0) is 28.5 Å². The van der Waals surface area contributed by atoms with Gasteiger partial charge < -0.3 is 29.6 Å². The van der Waals surface area contributed by atoms with Gasteiger partial charge in [-0.05, 0) is 62.3 Å². The van der Waals surface area contributed by atoms with Gasteiger partial charge in [0.1, 0.15) is 11.6 Å². The molecule has 0 heterocycles. The van der Waals surface area contributed by atoms with Crippen LogP contribution < -0.4 is 10.6 Å². The van der Waals surface area contributed by atoms with E-state index in [4.69, 9.17) is 18.9 Å². The van der Waals surface area contributed by atoms with Crippen LogP contribution in [-0.4, -0.2) is 67.2 Å². The normalized spacial score (nSPS) is 14.6. The molecule has 0 spiro atoms. The number of hydrogen-bond acceptors (Lipinski definition) is 7. The number of rotatable bonds is 8. The first-order valence-corrected chi connectivity index (χ1v) is 9.59. The Balaban J connectivity index is 5.29. The Labute approximate surface area is 174 Å². The number of methoxy groups -OCH3 is 1. The van der Waals surface area contributed by atoms with Crippen LogP contribution in [0.15, 0.2) is 0 Å². The highest BCUT2D eigenvalue weighted by Crippen LogP contribution is 2.11. The van der Waals surface area contributed by atoms with Crippen molar-refractivity contribution in [3.8, 4) is 0 Å². The number of amides is 2. The van der Waals surface area contributed by atoms with Gasteiger partial charge in [0.2, 0.25) is 5.91 Å². The monoisotopic (exact) mass is 418 g/mol. The van der Waals surface area contributed by atoms with Crippen LogP contribution in [0.2, 0.25) is 0 Å². The average Bonchev–Trinajstić information content (AvgIpc) is 2.50. The van der Waals surface area contributed by atoms with Crippen LogP contribution in [0.1, 0.15) is 62.3 Å². The fourth-order valence-electron chi connectivity index (χ4n) is 1.88. The third-order valence-electron chi connectivity index (χ3n) is 3.18. The second-order valence-corrected chi connectivity index (χ2v) is 9.63. The molecule has 170 valence electrons. The highest BCUT2D eigenvalue weighted by Gasteiger charge is 2.31. The van der Waals surface area contributed by atoms with Gasteiger partial charge in [0.15, 0.2) is 6.04 Å². The van der Waals surface area contributed by atoms with Gasteiger partial charge in [-0.2, -0.15) is 0 Å². The third kappa shape index (κ3) is 13.9. The van der Waals surface area contributed by atoms with E-state index in [0.29, 0.717) is 0 Å². The molecule has 0 aromatic rings. The largest absolute Gasteiger partial charge is 0.467 e. The van der Waals surface area contributed by atoms with Crippen molar-refractivity contribution in [1.29, 1.82) is 0 Å². The van der Waals surface area contributed by atoms with Gasteiger partial charge in [-0.15, -0.1) is 0 Å². The molecule has 9 nitrogen and oxygen atoms in total. The summed E-state index contributed by atoms with van der Waals surface area (Å²) in [6.07, 6.45) is -0.768. The molecular weight excluding hydrogens is 380 g/mol. The van der Waals surface area contributed by atoms with Gasteiger partial charge >= 0.3 is 12.1 Å². The predicted octanol–water partition coefficient (Wildman–Crippen LogP) is 2.17. The Bertz CT molecular complexity index is 557. The molecule has 0 saturated heterocycles. The second kappa shape index (κ2) is 10.8. The number of carbonyl (C=O) groups excluding carboxylic acids is 3. The predicted molar refractivity (Wildman–Crippen MR) is 109 cm³/mol. The summed E-state index contributed by atoms with van der Waals surface area (Å²) in [5.74, 6) is -1.27. The minimum Gasteiger partial charge on any atom is -0.467 e. The minimum atomic E-state index is -1.08. The number of hydrogen-bond donors (Lipinski definition) is 2. The van der Waals surface area contributed by atoms with Crippen molar-refractivity contribution >= 4 is 18.0 Å². The van der Waals surface area contributed by atoms with Crippen LogP contribution in [0.3, 0.4) is 0 Å². The zero-order chi connectivity index (χ0) is 23.0. The molecule has 0 rings (SSSR count). The molecule has 0 unspecified atom stereocenters. The highest BCUT2D eigenvalue weighted by molar-refractivity contribution is 5.89. The van der Waals surface area contributed by atoms with E-state index >= 15 is 0 Å². The van der Waals surface area contributed by atoms with Crippen LogP contribution in [0.25, 0.3) is 0 Å². The molecule has 0 fully saturated rings. The summed E-state index contributed by atoms with van der Waals surface area (Å²) in [4.78, 5) is 37.0. The maximum absolute atomic E-state index is 12.8. The molecule has 2 amide bonds. The van der Waals surface area contributed by atoms with Crippen molar-refractivity contribution in [3.05, 3.63) is 0 Å². The molecule has 9 heteroatoms. The van der Waals surface area contributed by atoms with E-state index in [9.17, 15) is 14.4 Å². The first-order valence-electron chi connectivity index (χ1n) is 9.59. The van der Waals surface area contributed by atoms with Gasteiger partial charge in [-0.25, -0.2) is 9.59 Å². The fourth-order valence-corrected chi connectivity index (χ4v) is 1.88. The highest BCUT2D eigenvalue weighted by atomic mass is 16.6. The molecule has 0 aliphatic rings. The topological polar surface area (TPSA) is 112 Å². The summed E-state index contributed by atoms with van der Waals surface area (Å²) < 4.78 is 21.2. The number of ether oxygens (including phenoxy) is 4. The number of nitrogens with one attached hydrogen (secondary N) is 2. The van der Waals surface area contributed by atoms with Gasteiger partial charge in [0.05, 0.1) is 31.5 Å². The maximum Gasteiger partial charge on any atom is 0.408 e. The lowest BCUT2D eigenvalue weighted by atomic mass is 10.1. The molecule has 2 N–H and O–H groups in total. The molecule has 2 atom stereocenters. The lowest BCUT2D eigenvalue weighted by Gasteiger charge is -2.28. The van der Waals surface area contributed by atoms with Crippen molar-refractivity contribution in [3.63, 3.8) is 0 Å². The molecule has 29 heavy (non-hydrogen) atoms. The molecule has 0 radical (unpaired) electrons. The van der Waals surface area contributed by atoms with Crippen LogP contribution in [0.5, 0.6) is 0 Å². The third-order valence-corrected chi connectivity index (χ3v) is 3.18. The molecular formula is C20H38N2O7. The zero-order valence-electron chi connectivity index (χ0n) is 19.4. The second-order valence-electron chi connectivity index (χ2n) is 9.63. The summed E-state index contributed by atoms with van der Waals surface area (Å²) in [5.41, 5.74) is -1.78. The van der Waals surface area contributed by atoms with Crippen molar-refractivity contribution in [2.45, 2.75) is 91.2 Å². The lowest BCUT2D eigenvalue weighted by Crippen LogP contribution is -2.56. The van der Waals surface area contributed by atoms with Crippen molar-refractivity contribution in [1.82, 2.24) is 10.6 Å². The van der Waals surface area contributed by atoms with E-state index < -0.39 is 46.9 Å². The summed E-state index contributed by atoms with van der Waals surface area (Å²) in [7, 11) is 1.22. The summed E-state index contributed by atoms with van der Waals surface area (Å²) in [5, 5.41) is 5.05. The van der Waals surface area contributed by atoms with Crippen molar-refractivity contribution in [2.24, 2.45) is 0 Å². The SMILES string of the molecule is COC(=O)[C@H](COC(C)(C)C)NC(=O)[C@H](COC(C)(C)C)NC(=O)OC(C)(C)C. The molecule has 0 bridgehead atoms. The Morgan fingerprint density at radius 1 is 0.724 bits per heavy atom. The number of carbonyl (C=O) groups is 3. The molecule has 0 aliphatic carbocycles. The van der Waals surface area contributed by atoms with Gasteiger partial charge in [0.25, 0.3) is 0 Å². The Morgan fingerprint density at radius 2 is 1.17 bits per heavy atom. The van der Waals surface area contributed by atoms with E-state index in [2.05, 4.69) is 10.6 Å². The summed E-state index contributed by atoms with van der Waals surface area (Å²) in [6.45, 7) is 15.9. The zero-order valence-corrected chi connectivity index (χ0v) is 19.4. The standard InChI is InChI=1S/C20H38N2O7/c1-18(2,3)27-11-13(22-17(25)29-20(7,8)9)15(23)21-14(16(24)26-10)12-28-19(4,5)6/h13-14H,11-12H2,1-10H3,(H,21,23)(H,22,25)/t13-,14-/m0/s1. The van der Waals surface area contributed by atoms with Crippen LogP contribution >= 0.6 is 0 Å². The average molecular weight is 419 g/mol. The number of alkyl carbamates (subject to hydrolysis) is 1. The first kappa shape index (κ1) is 27.1. The summed E-state index contributed by atoms with van der Waals surface area (Å²) >= 11 is 0. The van der Waals surface area contributed by atoms with Crippen molar-refractivity contribution in [2.75, 3.05) is 20.3 Å². The van der Waals surface area contributed by atoms with Gasteiger partial charge in [-0.3, -0.25) is 4.79 Å². The Hall–Kier alpha value is -1.87. The first-order chi connectivity index (χ1) is 12.9. The van der Waals surface area contributed by atoms with E-state index in [1.165, 1.54) is 7.11 Å². The van der Waals surface area contributed by atoms with Crippen LogP contribution in [0.4, 0.5) is 4.79 Å². The molecule has 0 saturated carbocycles. The number of esters is 1. The molecule has 0 aliphatic heterocycles. The Kier molecular flexibility index (Phi) is 10.1. The van der Waals surface area contributed by atoms with E-state index in [1.54, 1.807) is 20.8 Å². The van der Waals surface area contributed by atoms with Gasteiger partial charge in [-0.1, -0.05) is 0 Å². The smallest absolute Gasteiger partial charge is 0.408 e. The lowest BCUT2D eigenvalue weighted by molar-refractivity contribution is -0.149. The minimum absolute atomic E-state index is 0.0821. The fraction of sp³-hybridized carbons (Fsp3) is 0.850. The quantitative estimate of drug-likeness (QED) is 0.581. The van der Waals surface area contributed by atoms with E-state index in [0.717, 1.165) is 0 Å². The van der Waals surface area contributed by atoms with Crippen molar-refractivity contribution < 1.29 is 33.3 Å². The maximum atomic E-state index is 12.8. The molecule has 0 aromatic carbocycles.